The molecule has 2 atom stereocenters. The van der Waals surface area contributed by atoms with Gasteiger partial charge in [0, 0.05) is 10.5 Å². The molecule has 0 aromatic carbocycles. The number of allylic oxidation sites excluding steroid dienone is 2. The van der Waals surface area contributed by atoms with Crippen LogP contribution in [0.1, 0.15) is 86.0 Å². The van der Waals surface area contributed by atoms with Gasteiger partial charge < -0.3 is 4.74 Å². The zero-order chi connectivity index (χ0) is 18.0. The maximum atomic E-state index is 12.1. The van der Waals surface area contributed by atoms with E-state index in [0.717, 1.165) is 18.6 Å². The fourth-order valence-electron chi connectivity index (χ4n) is 3.30. The van der Waals surface area contributed by atoms with E-state index in [-0.39, 0.29) is 5.97 Å². The molecule has 0 aromatic rings. The van der Waals surface area contributed by atoms with E-state index in [0.29, 0.717) is 29.6 Å². The number of unbranched alkanes of at least 4 members (excludes halogenated alkanes) is 1. The van der Waals surface area contributed by atoms with E-state index in [1.807, 2.05) is 11.8 Å². The second kappa shape index (κ2) is 11.2. The van der Waals surface area contributed by atoms with Gasteiger partial charge in [-0.3, -0.25) is 4.79 Å². The van der Waals surface area contributed by atoms with Gasteiger partial charge in [0.1, 0.15) is 0 Å². The van der Waals surface area contributed by atoms with Gasteiger partial charge in [0.25, 0.3) is 0 Å². The SMILES string of the molecule is CCCCC(CC)COC(=O)CCSC1(C(C)C)CC=C(C)CC1. The lowest BCUT2D eigenvalue weighted by Crippen LogP contribution is -2.33. The molecule has 0 N–H and O–H groups in total. The van der Waals surface area contributed by atoms with Gasteiger partial charge in [0.15, 0.2) is 0 Å². The molecule has 0 spiro atoms. The van der Waals surface area contributed by atoms with Crippen molar-refractivity contribution in [2.24, 2.45) is 11.8 Å². The Balaban J connectivity index is 2.33. The van der Waals surface area contributed by atoms with Crippen LogP contribution >= 0.6 is 11.8 Å². The molecule has 2 unspecified atom stereocenters. The van der Waals surface area contributed by atoms with Crippen LogP contribution in [0.25, 0.3) is 0 Å². The first kappa shape index (κ1) is 21.6. The molecule has 0 saturated carbocycles. The van der Waals surface area contributed by atoms with Crippen LogP contribution in [0.2, 0.25) is 0 Å². The van der Waals surface area contributed by atoms with Crippen molar-refractivity contribution in [2.75, 3.05) is 12.4 Å². The standard InChI is InChI=1S/C21H38O2S/c1-6-8-9-19(7-2)16-23-20(22)12-15-24-21(17(3)4)13-10-18(5)11-14-21/h10,17,19H,6-9,11-16H2,1-5H3. The summed E-state index contributed by atoms with van der Waals surface area (Å²) in [7, 11) is 0. The Hall–Kier alpha value is -0.440. The molecule has 0 aromatic heterocycles. The van der Waals surface area contributed by atoms with E-state index < -0.39 is 0 Å². The van der Waals surface area contributed by atoms with Crippen molar-refractivity contribution in [3.8, 4) is 0 Å². The zero-order valence-corrected chi connectivity index (χ0v) is 17.3. The van der Waals surface area contributed by atoms with Gasteiger partial charge in [-0.2, -0.15) is 11.8 Å². The van der Waals surface area contributed by atoms with E-state index in [1.165, 1.54) is 37.7 Å². The summed E-state index contributed by atoms with van der Waals surface area (Å²) in [5.74, 6) is 2.05. The highest BCUT2D eigenvalue weighted by molar-refractivity contribution is 8.00. The molecule has 140 valence electrons. The Bertz CT molecular complexity index is 403. The molecule has 3 heteroatoms. The maximum Gasteiger partial charge on any atom is 0.306 e. The summed E-state index contributed by atoms with van der Waals surface area (Å²) >= 11 is 1.99. The molecule has 0 amide bonds. The highest BCUT2D eigenvalue weighted by Gasteiger charge is 2.35. The van der Waals surface area contributed by atoms with Crippen LogP contribution in [0.15, 0.2) is 11.6 Å². The minimum Gasteiger partial charge on any atom is -0.465 e. The van der Waals surface area contributed by atoms with E-state index in [4.69, 9.17) is 4.74 Å². The summed E-state index contributed by atoms with van der Waals surface area (Å²) in [4.78, 5) is 12.1. The molecule has 0 aliphatic heterocycles. The predicted octanol–water partition coefficient (Wildman–Crippen LogP) is 6.39. The van der Waals surface area contributed by atoms with Gasteiger partial charge in [-0.1, -0.05) is 58.6 Å². The van der Waals surface area contributed by atoms with E-state index >= 15 is 0 Å². The Morgan fingerprint density at radius 2 is 2.12 bits per heavy atom. The minimum absolute atomic E-state index is 0.0149. The quantitative estimate of drug-likeness (QED) is 0.317. The number of thioether (sulfide) groups is 1. The predicted molar refractivity (Wildman–Crippen MR) is 107 cm³/mol. The first-order valence-electron chi connectivity index (χ1n) is 9.88. The number of rotatable bonds is 11. The topological polar surface area (TPSA) is 26.3 Å². The molecule has 0 heterocycles. The molecule has 0 bridgehead atoms. The molecule has 1 aliphatic carbocycles. The molecule has 1 rings (SSSR count). The molecule has 24 heavy (non-hydrogen) atoms. The van der Waals surface area contributed by atoms with Crippen molar-refractivity contribution >= 4 is 17.7 Å². The number of esters is 1. The fraction of sp³-hybridized carbons (Fsp3) is 0.857. The summed E-state index contributed by atoms with van der Waals surface area (Å²) in [6.07, 6.45) is 11.3. The zero-order valence-electron chi connectivity index (χ0n) is 16.5. The van der Waals surface area contributed by atoms with Crippen LogP contribution < -0.4 is 0 Å². The lowest BCUT2D eigenvalue weighted by atomic mass is 9.82. The minimum atomic E-state index is -0.0149. The van der Waals surface area contributed by atoms with Crippen LogP contribution in [0.3, 0.4) is 0 Å². The summed E-state index contributed by atoms with van der Waals surface area (Å²) in [5, 5.41) is 0. The normalized spacial score (nSPS) is 22.3. The molecule has 0 saturated heterocycles. The highest BCUT2D eigenvalue weighted by atomic mass is 32.2. The first-order valence-corrected chi connectivity index (χ1v) is 10.9. The third kappa shape index (κ3) is 7.21. The van der Waals surface area contributed by atoms with Crippen LogP contribution in [0, 0.1) is 11.8 Å². The second-order valence-corrected chi connectivity index (χ2v) is 9.18. The van der Waals surface area contributed by atoms with Crippen molar-refractivity contribution < 1.29 is 9.53 Å². The second-order valence-electron chi connectivity index (χ2n) is 7.67. The van der Waals surface area contributed by atoms with Crippen molar-refractivity contribution in [2.45, 2.75) is 90.7 Å². The van der Waals surface area contributed by atoms with Crippen molar-refractivity contribution in [3.05, 3.63) is 11.6 Å². The van der Waals surface area contributed by atoms with Gasteiger partial charge >= 0.3 is 5.97 Å². The van der Waals surface area contributed by atoms with E-state index in [9.17, 15) is 4.79 Å². The smallest absolute Gasteiger partial charge is 0.306 e. The first-order chi connectivity index (χ1) is 11.4. The molecule has 0 fully saturated rings. The molecule has 0 radical (unpaired) electrons. The average Bonchev–Trinajstić information content (AvgIpc) is 2.57. The molecular formula is C21H38O2S. The van der Waals surface area contributed by atoms with Crippen molar-refractivity contribution in [3.63, 3.8) is 0 Å². The number of ether oxygens (including phenoxy) is 1. The third-order valence-corrected chi connectivity index (χ3v) is 7.34. The molecule has 1 aliphatic rings. The van der Waals surface area contributed by atoms with Gasteiger partial charge in [-0.05, 0) is 44.4 Å². The highest BCUT2D eigenvalue weighted by Crippen LogP contribution is 2.44. The lowest BCUT2D eigenvalue weighted by molar-refractivity contribution is -0.144. The number of carbonyl (C=O) groups is 1. The summed E-state index contributed by atoms with van der Waals surface area (Å²) in [5.41, 5.74) is 1.52. The largest absolute Gasteiger partial charge is 0.465 e. The third-order valence-electron chi connectivity index (χ3n) is 5.51. The van der Waals surface area contributed by atoms with Crippen LogP contribution in [0.5, 0.6) is 0 Å². The molecular weight excluding hydrogens is 316 g/mol. The summed E-state index contributed by atoms with van der Waals surface area (Å²) in [6, 6.07) is 0. The van der Waals surface area contributed by atoms with Gasteiger partial charge in [0.05, 0.1) is 13.0 Å². The lowest BCUT2D eigenvalue weighted by Gasteiger charge is -2.39. The van der Waals surface area contributed by atoms with Crippen LogP contribution in [-0.4, -0.2) is 23.1 Å². The van der Waals surface area contributed by atoms with Gasteiger partial charge in [-0.15, -0.1) is 0 Å². The fourth-order valence-corrected chi connectivity index (χ4v) is 4.76. The number of hydrogen-bond donors (Lipinski definition) is 0. The Labute approximate surface area is 154 Å². The maximum absolute atomic E-state index is 12.1. The Kier molecular flexibility index (Phi) is 10.1. The van der Waals surface area contributed by atoms with Crippen LogP contribution in [0.4, 0.5) is 0 Å². The average molecular weight is 355 g/mol. The summed E-state index contributed by atoms with van der Waals surface area (Å²) in [6.45, 7) is 11.9. The van der Waals surface area contributed by atoms with Crippen LogP contribution in [-0.2, 0) is 9.53 Å². The number of hydrogen-bond acceptors (Lipinski definition) is 3. The van der Waals surface area contributed by atoms with E-state index in [1.54, 1.807) is 0 Å². The van der Waals surface area contributed by atoms with Gasteiger partial charge in [0.2, 0.25) is 0 Å². The van der Waals surface area contributed by atoms with Gasteiger partial charge in [-0.25, -0.2) is 0 Å². The van der Waals surface area contributed by atoms with E-state index in [2.05, 4.69) is 40.7 Å². The Morgan fingerprint density at radius 3 is 2.67 bits per heavy atom. The monoisotopic (exact) mass is 354 g/mol. The van der Waals surface area contributed by atoms with Crippen molar-refractivity contribution in [1.29, 1.82) is 0 Å². The molecule has 2 nitrogen and oxygen atoms in total. The Morgan fingerprint density at radius 1 is 1.38 bits per heavy atom. The van der Waals surface area contributed by atoms with Crippen molar-refractivity contribution in [1.82, 2.24) is 0 Å². The number of carbonyl (C=O) groups excluding carboxylic acids is 1. The summed E-state index contributed by atoms with van der Waals surface area (Å²) < 4.78 is 5.84.